The Labute approximate surface area is 141 Å². The lowest BCUT2D eigenvalue weighted by Crippen LogP contribution is -2.38. The van der Waals surface area contributed by atoms with Crippen LogP contribution in [-0.2, 0) is 4.74 Å². The average Bonchev–Trinajstić information content (AvgIpc) is 2.81. The zero-order valence-electron chi connectivity index (χ0n) is 13.2. The molecule has 2 N–H and O–H groups in total. The molecule has 0 spiro atoms. The second kappa shape index (κ2) is 8.48. The summed E-state index contributed by atoms with van der Waals surface area (Å²) in [6.45, 7) is 1.97. The van der Waals surface area contributed by atoms with Gasteiger partial charge in [0.05, 0.1) is 12.7 Å². The standard InChI is InChI=1S/C16H24N2O2S2/c1-11-10-13(15(19)20-2)14(22-11)18-16(21)17-12-8-6-4-3-5-7-9-12/h10,12H,3-9H2,1-2H3,(H2,17,18,21). The van der Waals surface area contributed by atoms with Gasteiger partial charge in [-0.05, 0) is 38.0 Å². The first-order valence-electron chi connectivity index (χ1n) is 7.86. The Morgan fingerprint density at radius 1 is 1.27 bits per heavy atom. The summed E-state index contributed by atoms with van der Waals surface area (Å²) in [6, 6.07) is 2.26. The molecule has 0 bridgehead atoms. The third-order valence-corrected chi connectivity index (χ3v) is 5.11. The molecule has 1 saturated carbocycles. The largest absolute Gasteiger partial charge is 0.465 e. The Balaban J connectivity index is 1.95. The van der Waals surface area contributed by atoms with Crippen molar-refractivity contribution in [3.8, 4) is 0 Å². The molecule has 0 atom stereocenters. The third-order valence-electron chi connectivity index (χ3n) is 3.93. The van der Waals surface area contributed by atoms with Crippen LogP contribution in [0.3, 0.4) is 0 Å². The van der Waals surface area contributed by atoms with Crippen LogP contribution < -0.4 is 10.6 Å². The Bertz CT molecular complexity index is 520. The minimum Gasteiger partial charge on any atom is -0.465 e. The Hall–Kier alpha value is -1.14. The summed E-state index contributed by atoms with van der Waals surface area (Å²) >= 11 is 6.94. The molecule has 0 saturated heterocycles. The van der Waals surface area contributed by atoms with E-state index in [0.717, 1.165) is 22.7 Å². The number of hydrogen-bond donors (Lipinski definition) is 2. The van der Waals surface area contributed by atoms with E-state index in [1.807, 2.05) is 13.0 Å². The fraction of sp³-hybridized carbons (Fsp3) is 0.625. The van der Waals surface area contributed by atoms with E-state index in [4.69, 9.17) is 17.0 Å². The highest BCUT2D eigenvalue weighted by Crippen LogP contribution is 2.28. The molecule has 1 heterocycles. The molecule has 0 amide bonds. The van der Waals surface area contributed by atoms with Crippen molar-refractivity contribution in [3.05, 3.63) is 16.5 Å². The van der Waals surface area contributed by atoms with Gasteiger partial charge in [-0.25, -0.2) is 4.79 Å². The van der Waals surface area contributed by atoms with Crippen LogP contribution in [0, 0.1) is 6.92 Å². The number of carbonyl (C=O) groups is 1. The quantitative estimate of drug-likeness (QED) is 0.636. The maximum absolute atomic E-state index is 11.8. The summed E-state index contributed by atoms with van der Waals surface area (Å²) < 4.78 is 4.82. The number of aryl methyl sites for hydroxylation is 1. The molecule has 1 aromatic heterocycles. The van der Waals surface area contributed by atoms with Crippen molar-refractivity contribution in [2.45, 2.75) is 57.9 Å². The van der Waals surface area contributed by atoms with Crippen LogP contribution in [0.1, 0.15) is 60.2 Å². The van der Waals surface area contributed by atoms with E-state index < -0.39 is 0 Å². The monoisotopic (exact) mass is 340 g/mol. The van der Waals surface area contributed by atoms with E-state index in [1.165, 1.54) is 50.6 Å². The number of thiophene rings is 1. The highest BCUT2D eigenvalue weighted by molar-refractivity contribution is 7.80. The minimum atomic E-state index is -0.333. The van der Waals surface area contributed by atoms with E-state index in [1.54, 1.807) is 0 Å². The molecule has 1 aliphatic rings. The molecule has 1 fully saturated rings. The van der Waals surface area contributed by atoms with Crippen LogP contribution >= 0.6 is 23.6 Å². The zero-order valence-corrected chi connectivity index (χ0v) is 14.9. The fourth-order valence-electron chi connectivity index (χ4n) is 2.79. The van der Waals surface area contributed by atoms with Gasteiger partial charge in [-0.15, -0.1) is 11.3 Å². The number of hydrogen-bond acceptors (Lipinski definition) is 4. The van der Waals surface area contributed by atoms with Gasteiger partial charge in [-0.2, -0.15) is 0 Å². The first-order valence-corrected chi connectivity index (χ1v) is 9.09. The maximum Gasteiger partial charge on any atom is 0.340 e. The number of esters is 1. The van der Waals surface area contributed by atoms with Crippen molar-refractivity contribution < 1.29 is 9.53 Å². The normalized spacial score (nSPS) is 16.5. The fourth-order valence-corrected chi connectivity index (χ4v) is 4.03. The molecule has 0 aromatic carbocycles. The van der Waals surface area contributed by atoms with Crippen LogP contribution in [0.15, 0.2) is 6.07 Å². The van der Waals surface area contributed by atoms with Gasteiger partial charge >= 0.3 is 5.97 Å². The van der Waals surface area contributed by atoms with Crippen molar-refractivity contribution in [1.82, 2.24) is 5.32 Å². The number of methoxy groups -OCH3 is 1. The van der Waals surface area contributed by atoms with Gasteiger partial charge in [0.2, 0.25) is 0 Å². The van der Waals surface area contributed by atoms with Gasteiger partial charge in [0.15, 0.2) is 5.11 Å². The van der Waals surface area contributed by atoms with E-state index in [-0.39, 0.29) is 5.97 Å². The summed E-state index contributed by atoms with van der Waals surface area (Å²) in [6.07, 6.45) is 8.82. The first-order chi connectivity index (χ1) is 10.6. The molecule has 0 radical (unpaired) electrons. The lowest BCUT2D eigenvalue weighted by molar-refractivity contribution is 0.0602. The zero-order chi connectivity index (χ0) is 15.9. The Morgan fingerprint density at radius 3 is 2.55 bits per heavy atom. The molecule has 6 heteroatoms. The van der Waals surface area contributed by atoms with Crippen molar-refractivity contribution in [1.29, 1.82) is 0 Å². The number of ether oxygens (including phenoxy) is 1. The summed E-state index contributed by atoms with van der Waals surface area (Å²) in [5.74, 6) is -0.333. The Morgan fingerprint density at radius 2 is 1.91 bits per heavy atom. The van der Waals surface area contributed by atoms with Crippen LogP contribution in [0.2, 0.25) is 0 Å². The van der Waals surface area contributed by atoms with Gasteiger partial charge in [-0.1, -0.05) is 32.1 Å². The minimum absolute atomic E-state index is 0.333. The summed E-state index contributed by atoms with van der Waals surface area (Å²) in [7, 11) is 1.39. The van der Waals surface area contributed by atoms with Gasteiger partial charge in [0, 0.05) is 10.9 Å². The van der Waals surface area contributed by atoms with E-state index in [9.17, 15) is 4.79 Å². The summed E-state index contributed by atoms with van der Waals surface area (Å²) in [5.41, 5.74) is 0.548. The second-order valence-corrected chi connectivity index (χ2v) is 7.40. The molecule has 0 unspecified atom stereocenters. The predicted molar refractivity (Wildman–Crippen MR) is 95.9 cm³/mol. The lowest BCUT2D eigenvalue weighted by atomic mass is 9.97. The number of anilines is 1. The molecular formula is C16H24N2O2S2. The van der Waals surface area contributed by atoms with Gasteiger partial charge < -0.3 is 15.4 Å². The molecule has 2 rings (SSSR count). The molecule has 4 nitrogen and oxygen atoms in total. The Kier molecular flexibility index (Phi) is 6.64. The number of rotatable bonds is 3. The van der Waals surface area contributed by atoms with Gasteiger partial charge in [0.1, 0.15) is 5.00 Å². The summed E-state index contributed by atoms with van der Waals surface area (Å²) in [4.78, 5) is 12.8. The van der Waals surface area contributed by atoms with Crippen LogP contribution in [0.4, 0.5) is 5.00 Å². The van der Waals surface area contributed by atoms with Crippen molar-refractivity contribution in [2.75, 3.05) is 12.4 Å². The van der Waals surface area contributed by atoms with Crippen LogP contribution in [-0.4, -0.2) is 24.2 Å². The molecule has 0 aliphatic heterocycles. The molecule has 1 aromatic rings. The first kappa shape index (κ1) is 17.2. The number of thiocarbonyl (C=S) groups is 1. The topological polar surface area (TPSA) is 50.4 Å². The number of carbonyl (C=O) groups excluding carboxylic acids is 1. The van der Waals surface area contributed by atoms with Crippen LogP contribution in [0.5, 0.6) is 0 Å². The van der Waals surface area contributed by atoms with Gasteiger partial charge in [0.25, 0.3) is 0 Å². The predicted octanol–water partition coefficient (Wildman–Crippen LogP) is 4.24. The lowest BCUT2D eigenvalue weighted by Gasteiger charge is -2.22. The van der Waals surface area contributed by atoms with Crippen molar-refractivity contribution in [3.63, 3.8) is 0 Å². The van der Waals surface area contributed by atoms with E-state index >= 15 is 0 Å². The SMILES string of the molecule is COC(=O)c1cc(C)sc1NC(=S)NC1CCCCCCC1. The highest BCUT2D eigenvalue weighted by atomic mass is 32.1. The second-order valence-electron chi connectivity index (χ2n) is 5.73. The van der Waals surface area contributed by atoms with E-state index in [0.29, 0.717) is 16.7 Å². The molecule has 22 heavy (non-hydrogen) atoms. The van der Waals surface area contributed by atoms with Gasteiger partial charge in [-0.3, -0.25) is 0 Å². The molecular weight excluding hydrogens is 316 g/mol. The van der Waals surface area contributed by atoms with E-state index in [2.05, 4.69) is 10.6 Å². The summed E-state index contributed by atoms with van der Waals surface area (Å²) in [5, 5.41) is 7.92. The highest BCUT2D eigenvalue weighted by Gasteiger charge is 2.18. The maximum atomic E-state index is 11.8. The third kappa shape index (κ3) is 4.95. The average molecular weight is 341 g/mol. The smallest absolute Gasteiger partial charge is 0.340 e. The van der Waals surface area contributed by atoms with Crippen LogP contribution in [0.25, 0.3) is 0 Å². The van der Waals surface area contributed by atoms with Crippen molar-refractivity contribution in [2.24, 2.45) is 0 Å². The molecule has 1 aliphatic carbocycles. The number of nitrogens with one attached hydrogen (secondary N) is 2. The molecule has 122 valence electrons. The van der Waals surface area contributed by atoms with Crippen molar-refractivity contribution >= 4 is 39.6 Å².